The van der Waals surface area contributed by atoms with E-state index >= 15 is 0 Å². The van der Waals surface area contributed by atoms with Crippen molar-refractivity contribution in [2.24, 2.45) is 0 Å². The lowest BCUT2D eigenvalue weighted by atomic mass is 10.0. The van der Waals surface area contributed by atoms with Gasteiger partial charge in [0.25, 0.3) is 0 Å². The van der Waals surface area contributed by atoms with Crippen molar-refractivity contribution in [3.8, 4) is 11.5 Å². The van der Waals surface area contributed by atoms with Crippen molar-refractivity contribution in [3.05, 3.63) is 53.1 Å². The fourth-order valence-electron chi connectivity index (χ4n) is 3.06. The highest BCUT2D eigenvalue weighted by Gasteiger charge is 2.20. The van der Waals surface area contributed by atoms with E-state index in [-0.39, 0.29) is 24.0 Å². The second-order valence-electron chi connectivity index (χ2n) is 7.15. The van der Waals surface area contributed by atoms with Gasteiger partial charge in [0.2, 0.25) is 10.0 Å². The molecule has 0 aliphatic heterocycles. The third kappa shape index (κ3) is 5.72. The van der Waals surface area contributed by atoms with Gasteiger partial charge in [-0.25, -0.2) is 13.1 Å². The Kier molecular flexibility index (Phi) is 7.89. The lowest BCUT2D eigenvalue weighted by molar-refractivity contribution is 0.322. The second-order valence-corrected chi connectivity index (χ2v) is 8.89. The van der Waals surface area contributed by atoms with E-state index in [0.29, 0.717) is 11.3 Å². The van der Waals surface area contributed by atoms with Crippen LogP contribution in [0.3, 0.4) is 0 Å². The quantitative estimate of drug-likeness (QED) is 0.594. The fraction of sp³-hybridized carbons (Fsp3) is 0.455. The Balaban J connectivity index is 2.01. The Morgan fingerprint density at radius 3 is 2.36 bits per heavy atom. The maximum atomic E-state index is 12.7. The monoisotopic (exact) mass is 405 g/mol. The van der Waals surface area contributed by atoms with Gasteiger partial charge < -0.3 is 9.47 Å². The van der Waals surface area contributed by atoms with Crippen molar-refractivity contribution < 1.29 is 17.9 Å². The first-order valence-corrected chi connectivity index (χ1v) is 11.2. The highest BCUT2D eigenvalue weighted by Crippen LogP contribution is 2.31. The maximum Gasteiger partial charge on any atom is 0.240 e. The molecule has 0 saturated heterocycles. The lowest BCUT2D eigenvalue weighted by Gasteiger charge is -2.16. The molecule has 28 heavy (non-hydrogen) atoms. The molecule has 2 rings (SSSR count). The highest BCUT2D eigenvalue weighted by atomic mass is 32.2. The molecule has 0 radical (unpaired) electrons. The lowest BCUT2D eigenvalue weighted by Crippen LogP contribution is -2.29. The van der Waals surface area contributed by atoms with Gasteiger partial charge in [0.1, 0.15) is 18.1 Å². The average Bonchev–Trinajstić information content (AvgIpc) is 2.66. The summed E-state index contributed by atoms with van der Waals surface area (Å²) in [7, 11) is -2.03. The molecule has 2 aromatic carbocycles. The summed E-state index contributed by atoms with van der Waals surface area (Å²) in [5.41, 5.74) is 2.80. The highest BCUT2D eigenvalue weighted by molar-refractivity contribution is 7.89. The first-order valence-electron chi connectivity index (χ1n) is 9.68. The predicted octanol–water partition coefficient (Wildman–Crippen LogP) is 4.44. The topological polar surface area (TPSA) is 64.6 Å². The van der Waals surface area contributed by atoms with E-state index in [0.717, 1.165) is 24.2 Å². The van der Waals surface area contributed by atoms with Gasteiger partial charge in [0.15, 0.2) is 0 Å². The summed E-state index contributed by atoms with van der Waals surface area (Å²) < 4.78 is 39.2. The summed E-state index contributed by atoms with van der Waals surface area (Å²) in [6.45, 7) is 8.40. The molecule has 154 valence electrons. The summed E-state index contributed by atoms with van der Waals surface area (Å²) in [6, 6.07) is 11.4. The molecule has 6 heteroatoms. The predicted molar refractivity (Wildman–Crippen MR) is 113 cm³/mol. The molecule has 2 aromatic rings. The fourth-order valence-corrected chi connectivity index (χ4v) is 4.33. The van der Waals surface area contributed by atoms with Crippen molar-refractivity contribution in [1.82, 2.24) is 4.72 Å². The molecule has 5 nitrogen and oxygen atoms in total. The van der Waals surface area contributed by atoms with E-state index in [1.807, 2.05) is 38.1 Å². The second kappa shape index (κ2) is 9.94. The van der Waals surface area contributed by atoms with Crippen LogP contribution in [0, 0.1) is 6.92 Å². The number of hydrogen-bond acceptors (Lipinski definition) is 4. The zero-order valence-corrected chi connectivity index (χ0v) is 18.2. The molecule has 0 bridgehead atoms. The van der Waals surface area contributed by atoms with Gasteiger partial charge in [-0.3, -0.25) is 0 Å². The van der Waals surface area contributed by atoms with Gasteiger partial charge in [-0.2, -0.15) is 0 Å². The van der Waals surface area contributed by atoms with Gasteiger partial charge >= 0.3 is 0 Å². The summed E-state index contributed by atoms with van der Waals surface area (Å²) in [5, 5.41) is 0. The SMILES string of the molecule is CCCc1ccc(OCCNS(=O)(=O)c2cc(C(C)C)c(OC)cc2C)cc1. The molecule has 0 fully saturated rings. The van der Waals surface area contributed by atoms with Crippen molar-refractivity contribution in [2.45, 2.75) is 51.3 Å². The largest absolute Gasteiger partial charge is 0.496 e. The van der Waals surface area contributed by atoms with E-state index in [2.05, 4.69) is 11.6 Å². The Morgan fingerprint density at radius 1 is 1.11 bits per heavy atom. The third-order valence-electron chi connectivity index (χ3n) is 4.56. The molecule has 0 saturated carbocycles. The maximum absolute atomic E-state index is 12.7. The number of rotatable bonds is 10. The smallest absolute Gasteiger partial charge is 0.240 e. The Hall–Kier alpha value is -2.05. The molecule has 0 amide bonds. The number of hydrogen-bond donors (Lipinski definition) is 1. The minimum Gasteiger partial charge on any atom is -0.496 e. The summed E-state index contributed by atoms with van der Waals surface area (Å²) in [4.78, 5) is 0.279. The number of aryl methyl sites for hydroxylation is 2. The van der Waals surface area contributed by atoms with Crippen molar-refractivity contribution in [3.63, 3.8) is 0 Å². The molecule has 0 atom stereocenters. The van der Waals surface area contributed by atoms with Gasteiger partial charge in [-0.05, 0) is 60.2 Å². The van der Waals surface area contributed by atoms with Crippen LogP contribution in [0.2, 0.25) is 0 Å². The van der Waals surface area contributed by atoms with Crippen molar-refractivity contribution >= 4 is 10.0 Å². The normalized spacial score (nSPS) is 11.6. The summed E-state index contributed by atoms with van der Waals surface area (Å²) in [5.74, 6) is 1.60. The van der Waals surface area contributed by atoms with E-state index in [1.165, 1.54) is 5.56 Å². The van der Waals surface area contributed by atoms with Gasteiger partial charge in [-0.1, -0.05) is 39.3 Å². The summed E-state index contributed by atoms with van der Waals surface area (Å²) >= 11 is 0. The van der Waals surface area contributed by atoms with Crippen LogP contribution in [-0.2, 0) is 16.4 Å². The molecule has 0 aliphatic rings. The van der Waals surface area contributed by atoms with Crippen LogP contribution < -0.4 is 14.2 Å². The van der Waals surface area contributed by atoms with E-state index < -0.39 is 10.0 Å². The van der Waals surface area contributed by atoms with E-state index in [4.69, 9.17) is 9.47 Å². The minimum absolute atomic E-state index is 0.156. The van der Waals surface area contributed by atoms with Gasteiger partial charge in [0, 0.05) is 6.54 Å². The van der Waals surface area contributed by atoms with Crippen LogP contribution in [0.4, 0.5) is 0 Å². The molecular weight excluding hydrogens is 374 g/mol. The molecule has 0 heterocycles. The molecule has 1 N–H and O–H groups in total. The first kappa shape index (κ1) is 22.2. The zero-order valence-electron chi connectivity index (χ0n) is 17.4. The number of nitrogens with one attached hydrogen (secondary N) is 1. The number of benzene rings is 2. The van der Waals surface area contributed by atoms with Crippen LogP contribution in [0.15, 0.2) is 41.3 Å². The molecule has 0 aliphatic carbocycles. The Morgan fingerprint density at radius 2 is 1.79 bits per heavy atom. The van der Waals surface area contributed by atoms with Crippen LogP contribution >= 0.6 is 0 Å². The van der Waals surface area contributed by atoms with Gasteiger partial charge in [0.05, 0.1) is 12.0 Å². The summed E-state index contributed by atoms with van der Waals surface area (Å²) in [6.07, 6.45) is 2.14. The molecule has 0 aromatic heterocycles. The van der Waals surface area contributed by atoms with Crippen LogP contribution in [0.5, 0.6) is 11.5 Å². The van der Waals surface area contributed by atoms with Crippen LogP contribution in [0.25, 0.3) is 0 Å². The van der Waals surface area contributed by atoms with Crippen LogP contribution in [-0.4, -0.2) is 28.7 Å². The van der Waals surface area contributed by atoms with Gasteiger partial charge in [-0.15, -0.1) is 0 Å². The first-order chi connectivity index (χ1) is 13.3. The molecule has 0 spiro atoms. The standard InChI is InChI=1S/C22H31NO4S/c1-6-7-18-8-10-19(11-9-18)27-13-12-23-28(24,25)22-15-20(16(2)3)21(26-5)14-17(22)4/h8-11,14-16,23H,6-7,12-13H2,1-5H3. The number of methoxy groups -OCH3 is 1. The number of ether oxygens (including phenoxy) is 2. The van der Waals surface area contributed by atoms with E-state index in [1.54, 1.807) is 26.2 Å². The molecule has 0 unspecified atom stereocenters. The van der Waals surface area contributed by atoms with Crippen molar-refractivity contribution in [1.29, 1.82) is 0 Å². The van der Waals surface area contributed by atoms with E-state index in [9.17, 15) is 8.42 Å². The zero-order chi connectivity index (χ0) is 20.7. The Bertz CT molecular complexity index is 874. The Labute approximate surface area is 169 Å². The van der Waals surface area contributed by atoms with Crippen LogP contribution in [0.1, 0.15) is 49.8 Å². The molecular formula is C22H31NO4S. The third-order valence-corrected chi connectivity index (χ3v) is 6.17. The minimum atomic E-state index is -3.63. The average molecular weight is 406 g/mol. The number of sulfonamides is 1. The van der Waals surface area contributed by atoms with Crippen molar-refractivity contribution in [2.75, 3.05) is 20.3 Å².